The Morgan fingerprint density at radius 2 is 1.90 bits per heavy atom. The highest BCUT2D eigenvalue weighted by atomic mass is 35.5. The number of rotatable bonds is 6. The lowest BCUT2D eigenvalue weighted by Crippen LogP contribution is -2.40. The molecule has 2 N–H and O–H groups in total. The molecule has 0 saturated heterocycles. The van der Waals surface area contributed by atoms with Gasteiger partial charge >= 0.3 is 5.97 Å². The van der Waals surface area contributed by atoms with E-state index in [4.69, 9.17) is 28.6 Å². The number of carbonyl (C=O) groups excluding carboxylic acids is 1. The molecule has 2 aromatic carbocycles. The summed E-state index contributed by atoms with van der Waals surface area (Å²) in [5.41, 5.74) is 2.01. The summed E-state index contributed by atoms with van der Waals surface area (Å²) in [5.74, 6) is -0.701. The molecule has 4 nitrogen and oxygen atoms in total. The van der Waals surface area contributed by atoms with Crippen LogP contribution < -0.4 is 10.6 Å². The van der Waals surface area contributed by atoms with Crippen LogP contribution in [0, 0.1) is 5.82 Å². The van der Waals surface area contributed by atoms with Crippen LogP contribution in [0.3, 0.4) is 0 Å². The molecular weight excluding hydrogens is 411 g/mol. The van der Waals surface area contributed by atoms with E-state index >= 15 is 0 Å². The van der Waals surface area contributed by atoms with Crippen molar-refractivity contribution in [1.82, 2.24) is 5.32 Å². The fourth-order valence-corrected chi connectivity index (χ4v) is 4.20. The van der Waals surface area contributed by atoms with Gasteiger partial charge in [-0.05, 0) is 67.9 Å². The molecule has 0 atom stereocenters. The van der Waals surface area contributed by atoms with E-state index in [0.717, 1.165) is 31.2 Å². The summed E-state index contributed by atoms with van der Waals surface area (Å²) in [4.78, 5) is 12.0. The third-order valence-corrected chi connectivity index (χ3v) is 5.90. The zero-order chi connectivity index (χ0) is 20.9. The van der Waals surface area contributed by atoms with Gasteiger partial charge in [0.15, 0.2) is 5.11 Å². The smallest absolute Gasteiger partial charge is 0.339 e. The Balaban J connectivity index is 1.66. The highest BCUT2D eigenvalue weighted by Gasteiger charge is 2.35. The zero-order valence-electron chi connectivity index (χ0n) is 16.3. The second-order valence-corrected chi connectivity index (χ2v) is 8.03. The van der Waals surface area contributed by atoms with Crippen molar-refractivity contribution in [3.05, 3.63) is 64.4 Å². The molecule has 0 heterocycles. The van der Waals surface area contributed by atoms with Crippen LogP contribution in [0.2, 0.25) is 5.02 Å². The fourth-order valence-electron chi connectivity index (χ4n) is 3.82. The Hall–Kier alpha value is -2.18. The molecule has 1 aliphatic carbocycles. The number of anilines is 1. The molecular formula is C22H24ClFN2O2S. The summed E-state index contributed by atoms with van der Waals surface area (Å²) < 4.78 is 18.4. The van der Waals surface area contributed by atoms with E-state index in [2.05, 4.69) is 10.6 Å². The standard InChI is InChI=1S/C22H24ClFN2O2S/c1-2-28-20(27)18-13-17(9-10-19(18)23)26-21(29)25-14-22(11-3-4-12-22)15-5-7-16(24)8-6-15/h5-10,13H,2-4,11-12,14H2,1H3,(H2,25,26,29). The maximum Gasteiger partial charge on any atom is 0.339 e. The predicted molar refractivity (Wildman–Crippen MR) is 118 cm³/mol. The van der Waals surface area contributed by atoms with E-state index in [1.165, 1.54) is 12.1 Å². The quantitative estimate of drug-likeness (QED) is 0.467. The van der Waals surface area contributed by atoms with Crippen molar-refractivity contribution in [1.29, 1.82) is 0 Å². The van der Waals surface area contributed by atoms with Crippen LogP contribution >= 0.6 is 23.8 Å². The minimum atomic E-state index is -0.471. The van der Waals surface area contributed by atoms with Gasteiger partial charge in [-0.2, -0.15) is 0 Å². The summed E-state index contributed by atoms with van der Waals surface area (Å²) in [6.07, 6.45) is 4.34. The lowest BCUT2D eigenvalue weighted by molar-refractivity contribution is 0.0526. The number of ether oxygens (including phenoxy) is 1. The lowest BCUT2D eigenvalue weighted by Gasteiger charge is -2.30. The average molecular weight is 435 g/mol. The number of halogens is 2. The molecule has 0 aliphatic heterocycles. The number of hydrogen-bond donors (Lipinski definition) is 2. The van der Waals surface area contributed by atoms with Crippen molar-refractivity contribution in [3.8, 4) is 0 Å². The van der Waals surface area contributed by atoms with Crippen LogP contribution in [0.15, 0.2) is 42.5 Å². The molecule has 7 heteroatoms. The van der Waals surface area contributed by atoms with E-state index in [0.29, 0.717) is 27.9 Å². The van der Waals surface area contributed by atoms with Crippen molar-refractivity contribution in [2.45, 2.75) is 38.0 Å². The van der Waals surface area contributed by atoms with E-state index in [9.17, 15) is 9.18 Å². The van der Waals surface area contributed by atoms with Crippen LogP contribution in [0.4, 0.5) is 10.1 Å². The van der Waals surface area contributed by atoms with Gasteiger partial charge in [-0.3, -0.25) is 0 Å². The first-order valence-electron chi connectivity index (χ1n) is 9.71. The van der Waals surface area contributed by atoms with E-state index in [1.807, 2.05) is 12.1 Å². The summed E-state index contributed by atoms with van der Waals surface area (Å²) in [7, 11) is 0. The molecule has 0 unspecified atom stereocenters. The van der Waals surface area contributed by atoms with Gasteiger partial charge in [0.2, 0.25) is 0 Å². The van der Waals surface area contributed by atoms with Crippen LogP contribution in [-0.4, -0.2) is 24.2 Å². The van der Waals surface area contributed by atoms with Gasteiger partial charge in [0.1, 0.15) is 5.82 Å². The number of thiocarbonyl (C=S) groups is 1. The van der Waals surface area contributed by atoms with Gasteiger partial charge in [-0.1, -0.05) is 36.6 Å². The zero-order valence-corrected chi connectivity index (χ0v) is 17.8. The SMILES string of the molecule is CCOC(=O)c1cc(NC(=S)NCC2(c3ccc(F)cc3)CCCC2)ccc1Cl. The van der Waals surface area contributed by atoms with Gasteiger partial charge in [0.25, 0.3) is 0 Å². The Morgan fingerprint density at radius 3 is 2.55 bits per heavy atom. The molecule has 154 valence electrons. The summed E-state index contributed by atoms with van der Waals surface area (Å²) in [6, 6.07) is 11.8. The largest absolute Gasteiger partial charge is 0.462 e. The molecule has 29 heavy (non-hydrogen) atoms. The monoisotopic (exact) mass is 434 g/mol. The minimum absolute atomic E-state index is 0.0600. The highest BCUT2D eigenvalue weighted by Crippen LogP contribution is 2.40. The third kappa shape index (κ3) is 5.25. The van der Waals surface area contributed by atoms with Crippen molar-refractivity contribution >= 4 is 40.6 Å². The van der Waals surface area contributed by atoms with E-state index in [1.54, 1.807) is 25.1 Å². The molecule has 0 aromatic heterocycles. The molecule has 1 aliphatic rings. The first-order valence-corrected chi connectivity index (χ1v) is 10.5. The van der Waals surface area contributed by atoms with Crippen LogP contribution in [-0.2, 0) is 10.2 Å². The van der Waals surface area contributed by atoms with Crippen LogP contribution in [0.1, 0.15) is 48.5 Å². The second-order valence-electron chi connectivity index (χ2n) is 7.22. The molecule has 2 aromatic rings. The number of esters is 1. The summed E-state index contributed by atoms with van der Waals surface area (Å²) in [6.45, 7) is 2.67. The van der Waals surface area contributed by atoms with E-state index < -0.39 is 5.97 Å². The molecule has 0 bridgehead atoms. The van der Waals surface area contributed by atoms with Gasteiger partial charge in [0, 0.05) is 17.6 Å². The molecule has 3 rings (SSSR count). The molecule has 0 radical (unpaired) electrons. The number of benzene rings is 2. The van der Waals surface area contributed by atoms with Crippen molar-refractivity contribution < 1.29 is 13.9 Å². The maximum atomic E-state index is 13.3. The number of nitrogens with one attached hydrogen (secondary N) is 2. The number of hydrogen-bond acceptors (Lipinski definition) is 3. The van der Waals surface area contributed by atoms with Crippen molar-refractivity contribution in [2.24, 2.45) is 0 Å². The summed E-state index contributed by atoms with van der Waals surface area (Å²) in [5, 5.41) is 7.18. The molecule has 1 saturated carbocycles. The van der Waals surface area contributed by atoms with Gasteiger partial charge in [-0.25, -0.2) is 9.18 Å². The van der Waals surface area contributed by atoms with Crippen molar-refractivity contribution in [3.63, 3.8) is 0 Å². The third-order valence-electron chi connectivity index (χ3n) is 5.32. The normalized spacial score (nSPS) is 15.0. The van der Waals surface area contributed by atoms with Gasteiger partial charge in [0.05, 0.1) is 17.2 Å². The summed E-state index contributed by atoms with van der Waals surface area (Å²) >= 11 is 11.6. The van der Waals surface area contributed by atoms with Crippen molar-refractivity contribution in [2.75, 3.05) is 18.5 Å². The van der Waals surface area contributed by atoms with Crippen LogP contribution in [0.25, 0.3) is 0 Å². The Morgan fingerprint density at radius 1 is 1.21 bits per heavy atom. The predicted octanol–water partition coefficient (Wildman–Crippen LogP) is 5.45. The minimum Gasteiger partial charge on any atom is -0.462 e. The second kappa shape index (κ2) is 9.55. The number of carbonyl (C=O) groups is 1. The fraction of sp³-hybridized carbons (Fsp3) is 0.364. The van der Waals surface area contributed by atoms with Gasteiger partial charge < -0.3 is 15.4 Å². The Kier molecular flexibility index (Phi) is 7.09. The molecule has 0 amide bonds. The first kappa shape index (κ1) is 21.5. The lowest BCUT2D eigenvalue weighted by atomic mass is 9.79. The molecule has 1 fully saturated rings. The Bertz CT molecular complexity index is 883. The topological polar surface area (TPSA) is 50.4 Å². The Labute approximate surface area is 180 Å². The molecule has 0 spiro atoms. The highest BCUT2D eigenvalue weighted by molar-refractivity contribution is 7.80. The van der Waals surface area contributed by atoms with Gasteiger partial charge in [-0.15, -0.1) is 0 Å². The maximum absolute atomic E-state index is 13.3. The first-order chi connectivity index (χ1) is 13.9. The van der Waals surface area contributed by atoms with Crippen LogP contribution in [0.5, 0.6) is 0 Å². The van der Waals surface area contributed by atoms with E-state index in [-0.39, 0.29) is 17.8 Å². The average Bonchev–Trinajstić information content (AvgIpc) is 3.19.